The quantitative estimate of drug-likeness (QED) is 0.835. The zero-order chi connectivity index (χ0) is 12.3. The van der Waals surface area contributed by atoms with Crippen molar-refractivity contribution in [1.82, 2.24) is 5.32 Å². The number of methoxy groups -OCH3 is 1. The summed E-state index contributed by atoms with van der Waals surface area (Å²) in [6, 6.07) is 7.60. The number of piperidine rings is 1. The molecule has 0 amide bonds. The van der Waals surface area contributed by atoms with Gasteiger partial charge in [0.05, 0.1) is 7.11 Å². The molecular formula is C13H17NO3. The molecule has 1 aromatic carbocycles. The van der Waals surface area contributed by atoms with Crippen molar-refractivity contribution in [3.8, 4) is 5.75 Å². The number of rotatable bonds is 3. The maximum atomic E-state index is 10.8. The van der Waals surface area contributed by atoms with Crippen molar-refractivity contribution in [2.45, 2.75) is 24.8 Å². The molecule has 4 nitrogen and oxygen atoms in total. The summed E-state index contributed by atoms with van der Waals surface area (Å²) < 4.78 is 5.11. The number of aliphatic carboxylic acids is 1. The van der Waals surface area contributed by atoms with Crippen molar-refractivity contribution >= 4 is 5.97 Å². The van der Waals surface area contributed by atoms with Gasteiger partial charge >= 0.3 is 5.97 Å². The molecule has 92 valence electrons. The van der Waals surface area contributed by atoms with E-state index in [-0.39, 0.29) is 6.04 Å². The second kappa shape index (κ2) is 5.19. The smallest absolute Gasteiger partial charge is 0.320 e. The lowest BCUT2D eigenvalue weighted by Gasteiger charge is -2.27. The Kier molecular flexibility index (Phi) is 3.64. The Bertz CT molecular complexity index is 380. The van der Waals surface area contributed by atoms with Gasteiger partial charge < -0.3 is 15.2 Å². The second-order valence-corrected chi connectivity index (χ2v) is 4.35. The maximum absolute atomic E-state index is 10.8. The number of carboxylic acid groups (broad SMARTS) is 1. The van der Waals surface area contributed by atoms with Crippen molar-refractivity contribution in [1.29, 1.82) is 0 Å². The highest BCUT2D eigenvalue weighted by molar-refractivity contribution is 5.73. The Morgan fingerprint density at radius 1 is 1.35 bits per heavy atom. The molecule has 0 aliphatic carbocycles. The van der Waals surface area contributed by atoms with Crippen LogP contribution in [0.15, 0.2) is 24.3 Å². The third kappa shape index (κ3) is 2.77. The lowest BCUT2D eigenvalue weighted by Crippen LogP contribution is -2.43. The molecule has 2 rings (SSSR count). The first kappa shape index (κ1) is 11.9. The molecule has 1 saturated heterocycles. The fraction of sp³-hybridized carbons (Fsp3) is 0.462. The molecule has 0 radical (unpaired) electrons. The molecule has 2 N–H and O–H groups in total. The van der Waals surface area contributed by atoms with E-state index in [1.54, 1.807) is 7.11 Å². The van der Waals surface area contributed by atoms with Crippen LogP contribution in [0, 0.1) is 0 Å². The van der Waals surface area contributed by atoms with Gasteiger partial charge in [0.15, 0.2) is 0 Å². The maximum Gasteiger partial charge on any atom is 0.320 e. The normalized spacial score (nSPS) is 24.3. The number of ether oxygens (including phenoxy) is 1. The summed E-state index contributed by atoms with van der Waals surface area (Å²) in [4.78, 5) is 10.8. The van der Waals surface area contributed by atoms with Crippen LogP contribution in [-0.4, -0.2) is 30.8 Å². The molecule has 1 fully saturated rings. The molecule has 1 aliphatic rings. The molecule has 0 aromatic heterocycles. The van der Waals surface area contributed by atoms with E-state index in [4.69, 9.17) is 9.84 Å². The molecular weight excluding hydrogens is 218 g/mol. The number of hydrogen-bond donors (Lipinski definition) is 2. The summed E-state index contributed by atoms with van der Waals surface area (Å²) in [7, 11) is 1.65. The average Bonchev–Trinajstić information content (AvgIpc) is 2.39. The topological polar surface area (TPSA) is 58.6 Å². The van der Waals surface area contributed by atoms with Crippen LogP contribution in [0.1, 0.15) is 24.3 Å². The van der Waals surface area contributed by atoms with Crippen LogP contribution in [0.25, 0.3) is 0 Å². The van der Waals surface area contributed by atoms with Crippen molar-refractivity contribution in [3.63, 3.8) is 0 Å². The van der Waals surface area contributed by atoms with Crippen LogP contribution in [0.4, 0.5) is 0 Å². The Hall–Kier alpha value is -1.55. The highest BCUT2D eigenvalue weighted by Crippen LogP contribution is 2.26. The molecule has 0 saturated carbocycles. The molecule has 2 atom stereocenters. The van der Waals surface area contributed by atoms with E-state index in [0.29, 0.717) is 12.3 Å². The summed E-state index contributed by atoms with van der Waals surface area (Å²) in [5.41, 5.74) is 1.24. The van der Waals surface area contributed by atoms with Gasteiger partial charge in [-0.3, -0.25) is 4.79 Å². The average molecular weight is 235 g/mol. The fourth-order valence-electron chi connectivity index (χ4n) is 2.23. The van der Waals surface area contributed by atoms with E-state index in [0.717, 1.165) is 18.7 Å². The molecule has 0 unspecified atom stereocenters. The minimum atomic E-state index is -0.752. The Balaban J connectivity index is 1.97. The van der Waals surface area contributed by atoms with Crippen molar-refractivity contribution in [2.75, 3.05) is 13.7 Å². The van der Waals surface area contributed by atoms with Crippen molar-refractivity contribution < 1.29 is 14.6 Å². The van der Waals surface area contributed by atoms with Gasteiger partial charge in [-0.25, -0.2) is 0 Å². The SMILES string of the molecule is COc1ccc([C@H]2CC[C@@H](C(=O)O)NC2)cc1. The van der Waals surface area contributed by atoms with E-state index in [1.807, 2.05) is 24.3 Å². The van der Waals surface area contributed by atoms with Crippen LogP contribution in [0.5, 0.6) is 5.75 Å². The third-order valence-electron chi connectivity index (χ3n) is 3.30. The standard InChI is InChI=1S/C13H17NO3/c1-17-11-5-2-9(3-6-11)10-4-7-12(13(15)16)14-8-10/h2-3,5-6,10,12,14H,4,7-8H2,1H3,(H,15,16)/t10-,12-/m0/s1. The van der Waals surface area contributed by atoms with Gasteiger partial charge in [0.25, 0.3) is 0 Å². The second-order valence-electron chi connectivity index (χ2n) is 4.35. The number of carboxylic acids is 1. The first-order chi connectivity index (χ1) is 8.20. The van der Waals surface area contributed by atoms with E-state index < -0.39 is 5.97 Å². The van der Waals surface area contributed by atoms with Crippen LogP contribution in [0.3, 0.4) is 0 Å². The van der Waals surface area contributed by atoms with Crippen LogP contribution in [0.2, 0.25) is 0 Å². The summed E-state index contributed by atoms with van der Waals surface area (Å²) in [6.45, 7) is 0.725. The fourth-order valence-corrected chi connectivity index (χ4v) is 2.23. The lowest BCUT2D eigenvalue weighted by molar-refractivity contribution is -0.140. The molecule has 0 bridgehead atoms. The zero-order valence-electron chi connectivity index (χ0n) is 9.85. The number of benzene rings is 1. The van der Waals surface area contributed by atoms with E-state index in [9.17, 15) is 4.79 Å². The van der Waals surface area contributed by atoms with E-state index >= 15 is 0 Å². The Morgan fingerprint density at radius 3 is 2.53 bits per heavy atom. The predicted octanol–water partition coefficient (Wildman–Crippen LogP) is 1.62. The Labute approximate surface area is 101 Å². The zero-order valence-corrected chi connectivity index (χ0v) is 9.85. The van der Waals surface area contributed by atoms with Gasteiger partial charge in [0, 0.05) is 6.54 Å². The van der Waals surface area contributed by atoms with E-state index in [2.05, 4.69) is 5.32 Å². The highest BCUT2D eigenvalue weighted by atomic mass is 16.5. The monoisotopic (exact) mass is 235 g/mol. The molecule has 1 heterocycles. The first-order valence-corrected chi connectivity index (χ1v) is 5.81. The number of nitrogens with one attached hydrogen (secondary N) is 1. The lowest BCUT2D eigenvalue weighted by atomic mass is 9.89. The van der Waals surface area contributed by atoms with Crippen LogP contribution >= 0.6 is 0 Å². The van der Waals surface area contributed by atoms with E-state index in [1.165, 1.54) is 5.56 Å². The Morgan fingerprint density at radius 2 is 2.06 bits per heavy atom. The van der Waals surface area contributed by atoms with Gasteiger partial charge in [-0.05, 0) is 36.5 Å². The summed E-state index contributed by atoms with van der Waals surface area (Å²) in [5.74, 6) is 0.496. The molecule has 17 heavy (non-hydrogen) atoms. The number of hydrogen-bond acceptors (Lipinski definition) is 3. The first-order valence-electron chi connectivity index (χ1n) is 5.81. The van der Waals surface area contributed by atoms with Crippen LogP contribution < -0.4 is 10.1 Å². The van der Waals surface area contributed by atoms with Gasteiger partial charge in [-0.1, -0.05) is 12.1 Å². The highest BCUT2D eigenvalue weighted by Gasteiger charge is 2.25. The summed E-state index contributed by atoms with van der Waals surface area (Å²) in [6.07, 6.45) is 1.60. The predicted molar refractivity (Wildman–Crippen MR) is 64.4 cm³/mol. The summed E-state index contributed by atoms with van der Waals surface area (Å²) >= 11 is 0. The minimum absolute atomic E-state index is 0.385. The van der Waals surface area contributed by atoms with Crippen molar-refractivity contribution in [3.05, 3.63) is 29.8 Å². The minimum Gasteiger partial charge on any atom is -0.497 e. The van der Waals surface area contributed by atoms with Gasteiger partial charge in [-0.15, -0.1) is 0 Å². The molecule has 1 aromatic rings. The summed E-state index contributed by atoms with van der Waals surface area (Å²) in [5, 5.41) is 11.9. The van der Waals surface area contributed by atoms with Gasteiger partial charge in [0.1, 0.15) is 11.8 Å². The largest absolute Gasteiger partial charge is 0.497 e. The number of carbonyl (C=O) groups is 1. The molecule has 1 aliphatic heterocycles. The van der Waals surface area contributed by atoms with Gasteiger partial charge in [-0.2, -0.15) is 0 Å². The molecule has 0 spiro atoms. The van der Waals surface area contributed by atoms with Gasteiger partial charge in [0.2, 0.25) is 0 Å². The third-order valence-corrected chi connectivity index (χ3v) is 3.30. The van der Waals surface area contributed by atoms with Crippen molar-refractivity contribution in [2.24, 2.45) is 0 Å². The molecule has 4 heteroatoms. The van der Waals surface area contributed by atoms with Crippen LogP contribution in [-0.2, 0) is 4.79 Å².